The third-order valence-corrected chi connectivity index (χ3v) is 8.17. The lowest BCUT2D eigenvalue weighted by Crippen LogP contribution is -2.46. The minimum atomic E-state index is -3.47. The van der Waals surface area contributed by atoms with Gasteiger partial charge in [-0.3, -0.25) is 4.79 Å². The molecule has 2 aliphatic heterocycles. The maximum atomic E-state index is 13.0. The quantitative estimate of drug-likeness (QED) is 0.772. The van der Waals surface area contributed by atoms with Crippen LogP contribution in [0.25, 0.3) is 0 Å². The average molecular weight is 413 g/mol. The highest BCUT2D eigenvalue weighted by Crippen LogP contribution is 2.30. The van der Waals surface area contributed by atoms with E-state index < -0.39 is 10.0 Å². The van der Waals surface area contributed by atoms with Gasteiger partial charge in [0.2, 0.25) is 15.9 Å². The molecular weight excluding hydrogens is 384 g/mol. The van der Waals surface area contributed by atoms with Gasteiger partial charge >= 0.3 is 0 Å². The van der Waals surface area contributed by atoms with Crippen LogP contribution >= 0.6 is 0 Å². The van der Waals surface area contributed by atoms with Crippen LogP contribution in [0.3, 0.4) is 0 Å². The highest BCUT2D eigenvalue weighted by molar-refractivity contribution is 7.89. The molecular formula is C23H28N2O3S. The molecule has 0 saturated carbocycles. The zero-order valence-corrected chi connectivity index (χ0v) is 17.4. The van der Waals surface area contributed by atoms with Gasteiger partial charge in [0.05, 0.1) is 4.90 Å². The lowest BCUT2D eigenvalue weighted by Gasteiger charge is -2.37. The Hall–Kier alpha value is -2.18. The first kappa shape index (κ1) is 20.1. The number of carbonyl (C=O) groups excluding carboxylic acids is 1. The molecule has 0 N–H and O–H groups in total. The molecule has 0 radical (unpaired) electrons. The smallest absolute Gasteiger partial charge is 0.243 e. The van der Waals surface area contributed by atoms with Crippen LogP contribution < -0.4 is 0 Å². The fourth-order valence-corrected chi connectivity index (χ4v) is 5.99. The Balaban J connectivity index is 1.31. The first-order valence-electron chi connectivity index (χ1n) is 10.4. The van der Waals surface area contributed by atoms with Crippen molar-refractivity contribution in [3.63, 3.8) is 0 Å². The molecule has 0 aromatic heterocycles. The van der Waals surface area contributed by atoms with Gasteiger partial charge in [-0.1, -0.05) is 48.5 Å². The summed E-state index contributed by atoms with van der Waals surface area (Å²) in [7, 11) is -3.47. The van der Waals surface area contributed by atoms with E-state index >= 15 is 0 Å². The minimum Gasteiger partial charge on any atom is -0.342 e. The Morgan fingerprint density at radius 1 is 0.759 bits per heavy atom. The number of likely N-dealkylation sites (tertiary alicyclic amines) is 1. The summed E-state index contributed by atoms with van der Waals surface area (Å²) in [6, 6.07) is 19.1. The van der Waals surface area contributed by atoms with Crippen molar-refractivity contribution >= 4 is 15.9 Å². The van der Waals surface area contributed by atoms with Gasteiger partial charge in [-0.25, -0.2) is 8.42 Å². The number of amides is 1. The van der Waals surface area contributed by atoms with Gasteiger partial charge in [0.15, 0.2) is 0 Å². The maximum absolute atomic E-state index is 13.0. The summed E-state index contributed by atoms with van der Waals surface area (Å²) < 4.78 is 27.1. The van der Waals surface area contributed by atoms with Crippen LogP contribution in [0.5, 0.6) is 0 Å². The van der Waals surface area contributed by atoms with E-state index in [2.05, 4.69) is 24.3 Å². The first-order valence-corrected chi connectivity index (χ1v) is 11.9. The molecule has 2 aromatic carbocycles. The summed E-state index contributed by atoms with van der Waals surface area (Å²) in [5.41, 5.74) is 1.36. The SMILES string of the molecule is O=C(C1CCN(S(=O)(=O)c2ccccc2)CC1)N1CCC(c2ccccc2)CC1. The molecule has 154 valence electrons. The van der Waals surface area contributed by atoms with Crippen LogP contribution in [-0.2, 0) is 14.8 Å². The van der Waals surface area contributed by atoms with E-state index in [1.807, 2.05) is 17.0 Å². The van der Waals surface area contributed by atoms with Crippen molar-refractivity contribution in [3.05, 3.63) is 66.2 Å². The predicted octanol–water partition coefficient (Wildman–Crippen LogP) is 3.49. The normalized spacial score (nSPS) is 19.9. The molecule has 2 fully saturated rings. The largest absolute Gasteiger partial charge is 0.342 e. The lowest BCUT2D eigenvalue weighted by molar-refractivity contribution is -0.137. The van der Waals surface area contributed by atoms with Crippen molar-refractivity contribution < 1.29 is 13.2 Å². The van der Waals surface area contributed by atoms with Crippen LogP contribution in [-0.4, -0.2) is 49.7 Å². The number of benzene rings is 2. The van der Waals surface area contributed by atoms with Gasteiger partial charge in [0.25, 0.3) is 0 Å². The van der Waals surface area contributed by atoms with E-state index in [4.69, 9.17) is 0 Å². The second-order valence-corrected chi connectivity index (χ2v) is 9.94. The number of piperidine rings is 2. The van der Waals surface area contributed by atoms with Gasteiger partial charge in [-0.05, 0) is 49.3 Å². The summed E-state index contributed by atoms with van der Waals surface area (Å²) >= 11 is 0. The number of carbonyl (C=O) groups is 1. The monoisotopic (exact) mass is 412 g/mol. The topological polar surface area (TPSA) is 57.7 Å². The Kier molecular flexibility index (Phi) is 6.01. The van der Waals surface area contributed by atoms with Crippen molar-refractivity contribution in [2.24, 2.45) is 5.92 Å². The molecule has 2 aromatic rings. The van der Waals surface area contributed by atoms with Gasteiger partial charge in [0.1, 0.15) is 0 Å². The van der Waals surface area contributed by atoms with E-state index in [9.17, 15) is 13.2 Å². The van der Waals surface area contributed by atoms with Crippen LogP contribution in [0.1, 0.15) is 37.2 Å². The summed E-state index contributed by atoms with van der Waals surface area (Å²) in [5.74, 6) is 0.664. The predicted molar refractivity (Wildman–Crippen MR) is 113 cm³/mol. The van der Waals surface area contributed by atoms with Crippen molar-refractivity contribution in [2.45, 2.75) is 36.5 Å². The molecule has 5 nitrogen and oxygen atoms in total. The van der Waals surface area contributed by atoms with Gasteiger partial charge < -0.3 is 4.90 Å². The van der Waals surface area contributed by atoms with Gasteiger partial charge in [-0.15, -0.1) is 0 Å². The maximum Gasteiger partial charge on any atom is 0.243 e. The fourth-order valence-electron chi connectivity index (χ4n) is 4.50. The molecule has 1 amide bonds. The molecule has 6 heteroatoms. The molecule has 0 spiro atoms. The second kappa shape index (κ2) is 8.67. The molecule has 0 bridgehead atoms. The summed E-state index contributed by atoms with van der Waals surface area (Å²) in [5, 5.41) is 0. The van der Waals surface area contributed by atoms with Crippen LogP contribution in [0.4, 0.5) is 0 Å². The van der Waals surface area contributed by atoms with Crippen LogP contribution in [0.2, 0.25) is 0 Å². The number of rotatable bonds is 4. The average Bonchev–Trinajstić information content (AvgIpc) is 2.80. The summed E-state index contributed by atoms with van der Waals surface area (Å²) in [6.07, 6.45) is 3.20. The number of hydrogen-bond acceptors (Lipinski definition) is 3. The van der Waals surface area contributed by atoms with Crippen LogP contribution in [0.15, 0.2) is 65.6 Å². The Bertz CT molecular complexity index is 915. The summed E-state index contributed by atoms with van der Waals surface area (Å²) in [4.78, 5) is 15.3. The zero-order valence-electron chi connectivity index (χ0n) is 16.6. The first-order chi connectivity index (χ1) is 14.1. The minimum absolute atomic E-state index is 0.0644. The third kappa shape index (κ3) is 4.38. The van der Waals surface area contributed by atoms with E-state index in [0.29, 0.717) is 36.7 Å². The Labute approximate surface area is 173 Å². The van der Waals surface area contributed by atoms with E-state index in [-0.39, 0.29) is 11.8 Å². The molecule has 29 heavy (non-hydrogen) atoms. The van der Waals surface area contributed by atoms with E-state index in [1.165, 1.54) is 9.87 Å². The van der Waals surface area contributed by atoms with Crippen molar-refractivity contribution in [2.75, 3.05) is 26.2 Å². The van der Waals surface area contributed by atoms with Gasteiger partial charge in [-0.2, -0.15) is 4.31 Å². The molecule has 2 heterocycles. The second-order valence-electron chi connectivity index (χ2n) is 8.00. The standard InChI is InChI=1S/C23H28N2O3S/c26-23(24-15-11-20(12-16-24)19-7-3-1-4-8-19)21-13-17-25(18-14-21)29(27,28)22-9-5-2-6-10-22/h1-10,20-21H,11-18H2. The summed E-state index contributed by atoms with van der Waals surface area (Å²) in [6.45, 7) is 2.41. The Morgan fingerprint density at radius 2 is 1.31 bits per heavy atom. The highest BCUT2D eigenvalue weighted by atomic mass is 32.2. The Morgan fingerprint density at radius 3 is 1.90 bits per heavy atom. The number of sulfonamides is 1. The fraction of sp³-hybridized carbons (Fsp3) is 0.435. The number of nitrogens with zero attached hydrogens (tertiary/aromatic N) is 2. The number of hydrogen-bond donors (Lipinski definition) is 0. The molecule has 2 saturated heterocycles. The van der Waals surface area contributed by atoms with Crippen molar-refractivity contribution in [1.82, 2.24) is 9.21 Å². The van der Waals surface area contributed by atoms with Gasteiger partial charge in [0, 0.05) is 32.1 Å². The van der Waals surface area contributed by atoms with Crippen molar-refractivity contribution in [3.8, 4) is 0 Å². The highest BCUT2D eigenvalue weighted by Gasteiger charge is 2.34. The molecule has 2 aliphatic rings. The van der Waals surface area contributed by atoms with E-state index in [1.54, 1.807) is 24.3 Å². The molecule has 0 aliphatic carbocycles. The van der Waals surface area contributed by atoms with Crippen LogP contribution in [0, 0.1) is 5.92 Å². The molecule has 4 rings (SSSR count). The molecule has 0 unspecified atom stereocenters. The van der Waals surface area contributed by atoms with E-state index in [0.717, 1.165) is 25.9 Å². The van der Waals surface area contributed by atoms with Crippen molar-refractivity contribution in [1.29, 1.82) is 0 Å². The zero-order chi connectivity index (χ0) is 20.3. The molecule has 0 atom stereocenters. The third-order valence-electron chi connectivity index (χ3n) is 6.26. The lowest BCUT2D eigenvalue weighted by atomic mass is 9.88.